The Balaban J connectivity index is 1.45. The summed E-state index contributed by atoms with van der Waals surface area (Å²) in [6.45, 7) is 17.9. The molecule has 0 aromatic heterocycles. The molecule has 34 heavy (non-hydrogen) atoms. The van der Waals surface area contributed by atoms with Gasteiger partial charge < -0.3 is 19.3 Å². The van der Waals surface area contributed by atoms with E-state index >= 15 is 0 Å². The van der Waals surface area contributed by atoms with Crippen LogP contribution in [0.25, 0.3) is 0 Å². The molecule has 0 unspecified atom stereocenters. The minimum Gasteiger partial charge on any atom is -0.492 e. The first-order chi connectivity index (χ1) is 16.4. The number of aryl methyl sites for hydroxylation is 4. The molecule has 0 heterocycles. The summed E-state index contributed by atoms with van der Waals surface area (Å²) in [5.74, 6) is 1.74. The molecule has 0 spiro atoms. The van der Waals surface area contributed by atoms with Gasteiger partial charge in [-0.15, -0.1) is 0 Å². The maximum atomic E-state index is 6.00. The van der Waals surface area contributed by atoms with Crippen molar-refractivity contribution in [2.45, 2.75) is 41.5 Å². The second-order valence-electron chi connectivity index (χ2n) is 8.86. The highest BCUT2D eigenvalue weighted by molar-refractivity contribution is 5.51. The summed E-state index contributed by atoms with van der Waals surface area (Å²) < 4.78 is 12.0. The van der Waals surface area contributed by atoms with Gasteiger partial charge >= 0.3 is 0 Å². The van der Waals surface area contributed by atoms with Crippen molar-refractivity contribution in [2.75, 3.05) is 49.2 Å². The van der Waals surface area contributed by atoms with E-state index < -0.39 is 0 Å². The smallest absolute Gasteiger partial charge is 0.119 e. The second-order valence-corrected chi connectivity index (χ2v) is 8.86. The SMILES string of the molecule is CCN(CCOc1ccc(OCCN(CC)c2ccc(C)c(C)c2)cc1)c1ccc(C)c(C)c1. The van der Waals surface area contributed by atoms with Crippen LogP contribution in [0.15, 0.2) is 60.7 Å². The maximum absolute atomic E-state index is 6.00. The molecule has 4 nitrogen and oxygen atoms in total. The molecule has 182 valence electrons. The van der Waals surface area contributed by atoms with Gasteiger partial charge in [0.05, 0.1) is 13.1 Å². The van der Waals surface area contributed by atoms with Gasteiger partial charge in [-0.05, 0) is 112 Å². The summed E-state index contributed by atoms with van der Waals surface area (Å²) in [6.07, 6.45) is 0. The zero-order valence-corrected chi connectivity index (χ0v) is 21.7. The number of benzene rings is 3. The molecule has 0 saturated carbocycles. The minimum absolute atomic E-state index is 0.641. The normalized spacial score (nSPS) is 10.8. The highest BCUT2D eigenvalue weighted by Gasteiger charge is 2.08. The zero-order chi connectivity index (χ0) is 24.5. The van der Waals surface area contributed by atoms with E-state index in [2.05, 4.69) is 87.7 Å². The monoisotopic (exact) mass is 460 g/mol. The Morgan fingerprint density at radius 1 is 0.529 bits per heavy atom. The fourth-order valence-corrected chi connectivity index (χ4v) is 3.96. The molecule has 0 amide bonds. The summed E-state index contributed by atoms with van der Waals surface area (Å²) in [5.41, 5.74) is 7.80. The molecule has 0 aliphatic carbocycles. The van der Waals surface area contributed by atoms with Crippen molar-refractivity contribution in [1.29, 1.82) is 0 Å². The van der Waals surface area contributed by atoms with Gasteiger partial charge in [-0.3, -0.25) is 0 Å². The molecule has 4 heteroatoms. The Bertz CT molecular complexity index is 962. The van der Waals surface area contributed by atoms with E-state index in [1.165, 1.54) is 33.6 Å². The van der Waals surface area contributed by atoms with E-state index in [1.807, 2.05) is 24.3 Å². The van der Waals surface area contributed by atoms with Crippen molar-refractivity contribution in [2.24, 2.45) is 0 Å². The summed E-state index contributed by atoms with van der Waals surface area (Å²) >= 11 is 0. The number of anilines is 2. The quantitative estimate of drug-likeness (QED) is 0.299. The molecule has 0 bridgehead atoms. The van der Waals surface area contributed by atoms with Crippen LogP contribution in [0.4, 0.5) is 11.4 Å². The van der Waals surface area contributed by atoms with Crippen molar-refractivity contribution in [3.05, 3.63) is 82.9 Å². The van der Waals surface area contributed by atoms with Gasteiger partial charge in [-0.25, -0.2) is 0 Å². The van der Waals surface area contributed by atoms with Gasteiger partial charge in [0.2, 0.25) is 0 Å². The number of hydrogen-bond acceptors (Lipinski definition) is 4. The molecule has 0 radical (unpaired) electrons. The van der Waals surface area contributed by atoms with Crippen LogP contribution in [0.5, 0.6) is 11.5 Å². The maximum Gasteiger partial charge on any atom is 0.119 e. The van der Waals surface area contributed by atoms with Gasteiger partial charge in [0.25, 0.3) is 0 Å². The number of hydrogen-bond donors (Lipinski definition) is 0. The summed E-state index contributed by atoms with van der Waals surface area (Å²) in [6, 6.07) is 21.2. The van der Waals surface area contributed by atoms with Crippen LogP contribution >= 0.6 is 0 Å². The lowest BCUT2D eigenvalue weighted by Crippen LogP contribution is -2.28. The Kier molecular flexibility index (Phi) is 9.26. The van der Waals surface area contributed by atoms with Crippen molar-refractivity contribution >= 4 is 11.4 Å². The fourth-order valence-electron chi connectivity index (χ4n) is 3.96. The predicted octanol–water partition coefficient (Wildman–Crippen LogP) is 6.73. The molecule has 0 aliphatic heterocycles. The molecule has 0 aliphatic rings. The molecule has 3 aromatic carbocycles. The molecule has 3 rings (SSSR count). The average Bonchev–Trinajstić information content (AvgIpc) is 2.84. The van der Waals surface area contributed by atoms with E-state index in [-0.39, 0.29) is 0 Å². The highest BCUT2D eigenvalue weighted by Crippen LogP contribution is 2.21. The Labute approximate surface area is 206 Å². The van der Waals surface area contributed by atoms with Crippen LogP contribution < -0.4 is 19.3 Å². The van der Waals surface area contributed by atoms with E-state index in [4.69, 9.17) is 9.47 Å². The van der Waals surface area contributed by atoms with Crippen LogP contribution in [-0.4, -0.2) is 39.4 Å². The lowest BCUT2D eigenvalue weighted by atomic mass is 10.1. The first-order valence-electron chi connectivity index (χ1n) is 12.4. The molecule has 3 aromatic rings. The zero-order valence-electron chi connectivity index (χ0n) is 21.7. The van der Waals surface area contributed by atoms with Gasteiger partial charge in [-0.1, -0.05) is 12.1 Å². The van der Waals surface area contributed by atoms with E-state index in [1.54, 1.807) is 0 Å². The van der Waals surface area contributed by atoms with Crippen LogP contribution in [0, 0.1) is 27.7 Å². The molecule has 0 fully saturated rings. The van der Waals surface area contributed by atoms with Gasteiger partial charge in [0.15, 0.2) is 0 Å². The largest absolute Gasteiger partial charge is 0.492 e. The highest BCUT2D eigenvalue weighted by atomic mass is 16.5. The third kappa shape index (κ3) is 6.93. The third-order valence-corrected chi connectivity index (χ3v) is 6.56. The lowest BCUT2D eigenvalue weighted by Gasteiger charge is -2.24. The fraction of sp³-hybridized carbons (Fsp3) is 0.400. The van der Waals surface area contributed by atoms with Crippen LogP contribution in [0.3, 0.4) is 0 Å². The first kappa shape index (κ1) is 25.5. The molecule has 0 saturated heterocycles. The molecular weight excluding hydrogens is 420 g/mol. The first-order valence-corrected chi connectivity index (χ1v) is 12.4. The molecule has 0 N–H and O–H groups in total. The number of ether oxygens (including phenoxy) is 2. The summed E-state index contributed by atoms with van der Waals surface area (Å²) in [4.78, 5) is 4.69. The van der Waals surface area contributed by atoms with E-state index in [0.29, 0.717) is 13.2 Å². The Hall–Kier alpha value is -3.14. The lowest BCUT2D eigenvalue weighted by molar-refractivity contribution is 0.315. The second kappa shape index (κ2) is 12.4. The number of rotatable bonds is 12. The topological polar surface area (TPSA) is 24.9 Å². The third-order valence-electron chi connectivity index (χ3n) is 6.56. The summed E-state index contributed by atoms with van der Waals surface area (Å²) in [7, 11) is 0. The van der Waals surface area contributed by atoms with Gasteiger partial charge in [-0.2, -0.15) is 0 Å². The van der Waals surface area contributed by atoms with Crippen molar-refractivity contribution in [1.82, 2.24) is 0 Å². The van der Waals surface area contributed by atoms with E-state index in [0.717, 1.165) is 37.7 Å². The van der Waals surface area contributed by atoms with Crippen LogP contribution in [0.2, 0.25) is 0 Å². The number of nitrogens with zero attached hydrogens (tertiary/aromatic N) is 2. The van der Waals surface area contributed by atoms with Gasteiger partial charge in [0.1, 0.15) is 24.7 Å². The van der Waals surface area contributed by atoms with Crippen LogP contribution in [-0.2, 0) is 0 Å². The Morgan fingerprint density at radius 2 is 0.912 bits per heavy atom. The molecule has 0 atom stereocenters. The average molecular weight is 461 g/mol. The van der Waals surface area contributed by atoms with Crippen molar-refractivity contribution < 1.29 is 9.47 Å². The van der Waals surface area contributed by atoms with Crippen molar-refractivity contribution in [3.63, 3.8) is 0 Å². The molecular formula is C30H40N2O2. The summed E-state index contributed by atoms with van der Waals surface area (Å²) in [5, 5.41) is 0. The van der Waals surface area contributed by atoms with E-state index in [9.17, 15) is 0 Å². The van der Waals surface area contributed by atoms with Crippen molar-refractivity contribution in [3.8, 4) is 11.5 Å². The Morgan fingerprint density at radius 3 is 1.24 bits per heavy atom. The van der Waals surface area contributed by atoms with Crippen LogP contribution in [0.1, 0.15) is 36.1 Å². The number of likely N-dealkylation sites (N-methyl/N-ethyl adjacent to an activating group) is 2. The predicted molar refractivity (Wildman–Crippen MR) is 145 cm³/mol. The minimum atomic E-state index is 0.641. The van der Waals surface area contributed by atoms with Gasteiger partial charge in [0, 0.05) is 24.5 Å². The standard InChI is InChI=1S/C30H40N2O2/c1-7-31(27-11-9-23(3)25(5)21-27)17-19-33-29-13-15-30(16-14-29)34-20-18-32(8-2)28-12-10-24(4)26(6)22-28/h9-16,21-22H,7-8,17-20H2,1-6H3.